The predicted octanol–water partition coefficient (Wildman–Crippen LogP) is 2.83. The van der Waals surface area contributed by atoms with Crippen LogP contribution in [0.2, 0.25) is 0 Å². The molecule has 0 atom stereocenters. The Balaban J connectivity index is 2.14. The van der Waals surface area contributed by atoms with Crippen LogP contribution in [0, 0.1) is 0 Å². The van der Waals surface area contributed by atoms with Crippen LogP contribution in [0.4, 0.5) is 4.79 Å². The minimum absolute atomic E-state index is 0.466. The van der Waals surface area contributed by atoms with Crippen LogP contribution in [0.25, 0.3) is 0 Å². The highest BCUT2D eigenvalue weighted by molar-refractivity contribution is 7.99. The van der Waals surface area contributed by atoms with Crippen molar-refractivity contribution >= 4 is 17.9 Å². The number of nitrogens with zero attached hydrogens (tertiary/aromatic N) is 1. The molecule has 2 rings (SSSR count). The van der Waals surface area contributed by atoms with Gasteiger partial charge in [-0.25, -0.2) is 4.79 Å². The molecule has 1 aliphatic heterocycles. The van der Waals surface area contributed by atoms with Crippen molar-refractivity contribution in [1.29, 1.82) is 0 Å². The average molecular weight is 237 g/mol. The van der Waals surface area contributed by atoms with Gasteiger partial charge in [-0.1, -0.05) is 12.1 Å². The number of amides is 1. The molecule has 0 bridgehead atoms. The molecule has 1 aromatic rings. The molecule has 0 radical (unpaired) electrons. The Hall–Kier alpha value is -1.16. The fourth-order valence-corrected chi connectivity index (χ4v) is 2.87. The molecule has 16 heavy (non-hydrogen) atoms. The number of fused-ring (bicyclic) bond motifs is 1. The molecule has 0 unspecified atom stereocenters. The van der Waals surface area contributed by atoms with Gasteiger partial charge in [0.05, 0.1) is 0 Å². The van der Waals surface area contributed by atoms with Gasteiger partial charge >= 0.3 is 6.09 Å². The summed E-state index contributed by atoms with van der Waals surface area (Å²) in [5, 5.41) is 8.80. The van der Waals surface area contributed by atoms with E-state index in [1.54, 1.807) is 7.05 Å². The zero-order chi connectivity index (χ0) is 11.5. The second-order valence-electron chi connectivity index (χ2n) is 4.03. The van der Waals surface area contributed by atoms with Crippen LogP contribution in [-0.2, 0) is 13.0 Å². The maximum Gasteiger partial charge on any atom is 0.407 e. The van der Waals surface area contributed by atoms with Crippen molar-refractivity contribution in [2.24, 2.45) is 0 Å². The van der Waals surface area contributed by atoms with E-state index in [1.165, 1.54) is 27.5 Å². The number of hydrogen-bond acceptors (Lipinski definition) is 2. The van der Waals surface area contributed by atoms with E-state index < -0.39 is 6.09 Å². The molecule has 1 aromatic carbocycles. The average Bonchev–Trinajstić information content (AvgIpc) is 2.28. The lowest BCUT2D eigenvalue weighted by molar-refractivity contribution is 0.153. The van der Waals surface area contributed by atoms with Crippen molar-refractivity contribution in [2.75, 3.05) is 12.8 Å². The molecule has 0 aromatic heterocycles. The smallest absolute Gasteiger partial charge is 0.407 e. The summed E-state index contributed by atoms with van der Waals surface area (Å²) in [6.07, 6.45) is 1.45. The van der Waals surface area contributed by atoms with Gasteiger partial charge in [-0.3, -0.25) is 0 Å². The zero-order valence-corrected chi connectivity index (χ0v) is 10.1. The summed E-state index contributed by atoms with van der Waals surface area (Å²) in [6, 6.07) is 6.28. The number of carbonyl (C=O) groups is 1. The lowest BCUT2D eigenvalue weighted by atomic mass is 10.1. The van der Waals surface area contributed by atoms with Gasteiger partial charge < -0.3 is 10.0 Å². The Bertz CT molecular complexity index is 406. The molecule has 0 saturated heterocycles. The molecule has 1 N–H and O–H groups in total. The Labute approximate surface area is 99.5 Å². The van der Waals surface area contributed by atoms with E-state index in [4.69, 9.17) is 5.11 Å². The quantitative estimate of drug-likeness (QED) is 0.859. The van der Waals surface area contributed by atoms with Gasteiger partial charge in [-0.05, 0) is 35.8 Å². The first-order chi connectivity index (χ1) is 7.66. The van der Waals surface area contributed by atoms with Crippen LogP contribution in [0.5, 0.6) is 0 Å². The maximum atomic E-state index is 10.7. The lowest BCUT2D eigenvalue weighted by Gasteiger charge is -2.18. The maximum absolute atomic E-state index is 10.7. The van der Waals surface area contributed by atoms with Crippen LogP contribution >= 0.6 is 11.8 Å². The first-order valence-corrected chi connectivity index (χ1v) is 6.34. The molecular weight excluding hydrogens is 222 g/mol. The van der Waals surface area contributed by atoms with E-state index in [9.17, 15) is 4.79 Å². The van der Waals surface area contributed by atoms with Crippen LogP contribution < -0.4 is 0 Å². The predicted molar refractivity (Wildman–Crippen MR) is 65.0 cm³/mol. The van der Waals surface area contributed by atoms with Gasteiger partial charge in [0.15, 0.2) is 0 Å². The highest BCUT2D eigenvalue weighted by Gasteiger charge is 2.12. The normalized spacial score (nSPS) is 14.3. The third-order valence-electron chi connectivity index (χ3n) is 2.72. The van der Waals surface area contributed by atoms with Crippen LogP contribution in [0.3, 0.4) is 0 Å². The zero-order valence-electron chi connectivity index (χ0n) is 9.27. The van der Waals surface area contributed by atoms with Gasteiger partial charge in [0.2, 0.25) is 0 Å². The second kappa shape index (κ2) is 4.78. The van der Waals surface area contributed by atoms with Gasteiger partial charge in [-0.2, -0.15) is 0 Å². The largest absolute Gasteiger partial charge is 0.465 e. The van der Waals surface area contributed by atoms with Crippen molar-refractivity contribution in [3.05, 3.63) is 29.3 Å². The summed E-state index contributed by atoms with van der Waals surface area (Å²) in [4.78, 5) is 13.4. The molecule has 1 heterocycles. The van der Waals surface area contributed by atoms with Gasteiger partial charge in [-0.15, -0.1) is 11.8 Å². The van der Waals surface area contributed by atoms with Gasteiger partial charge in [0.1, 0.15) is 0 Å². The molecule has 4 heteroatoms. The van der Waals surface area contributed by atoms with E-state index in [0.717, 1.165) is 12.0 Å². The summed E-state index contributed by atoms with van der Waals surface area (Å²) in [5.41, 5.74) is 2.44. The van der Waals surface area contributed by atoms with E-state index in [2.05, 4.69) is 12.1 Å². The summed E-state index contributed by atoms with van der Waals surface area (Å²) in [6.45, 7) is 0.466. The highest BCUT2D eigenvalue weighted by Crippen LogP contribution is 2.30. The fraction of sp³-hybridized carbons (Fsp3) is 0.417. The number of benzene rings is 1. The third kappa shape index (κ3) is 2.50. The molecule has 0 aliphatic carbocycles. The van der Waals surface area contributed by atoms with Crippen LogP contribution in [0.15, 0.2) is 23.1 Å². The Morgan fingerprint density at radius 3 is 3.12 bits per heavy atom. The minimum atomic E-state index is -0.882. The van der Waals surface area contributed by atoms with Crippen molar-refractivity contribution in [1.82, 2.24) is 4.90 Å². The molecular formula is C12H15NO2S. The van der Waals surface area contributed by atoms with Gasteiger partial charge in [0, 0.05) is 18.5 Å². The fourth-order valence-electron chi connectivity index (χ4n) is 1.85. The molecule has 1 amide bonds. The highest BCUT2D eigenvalue weighted by atomic mass is 32.2. The third-order valence-corrected chi connectivity index (χ3v) is 3.92. The monoisotopic (exact) mass is 237 g/mol. The first-order valence-electron chi connectivity index (χ1n) is 5.35. The standard InChI is InChI=1S/C12H15NO2S/c1-13(12(14)15)8-9-4-5-11-10(7-9)3-2-6-16-11/h4-5,7H,2-3,6,8H2,1H3,(H,14,15). The summed E-state index contributed by atoms with van der Waals surface area (Å²) in [5.74, 6) is 1.20. The minimum Gasteiger partial charge on any atom is -0.465 e. The van der Waals surface area contributed by atoms with Crippen molar-refractivity contribution in [3.63, 3.8) is 0 Å². The van der Waals surface area contributed by atoms with E-state index in [1.807, 2.05) is 17.8 Å². The summed E-state index contributed by atoms with van der Waals surface area (Å²) < 4.78 is 0. The Morgan fingerprint density at radius 1 is 1.56 bits per heavy atom. The molecule has 1 aliphatic rings. The summed E-state index contributed by atoms with van der Waals surface area (Å²) >= 11 is 1.89. The molecule has 0 saturated carbocycles. The second-order valence-corrected chi connectivity index (χ2v) is 5.17. The Kier molecular flexibility index (Phi) is 3.39. The van der Waals surface area contributed by atoms with Crippen molar-refractivity contribution in [3.8, 4) is 0 Å². The molecule has 3 nitrogen and oxygen atoms in total. The van der Waals surface area contributed by atoms with Crippen LogP contribution in [0.1, 0.15) is 17.5 Å². The first kappa shape index (κ1) is 11.3. The number of thioether (sulfide) groups is 1. The number of rotatable bonds is 2. The van der Waals surface area contributed by atoms with Crippen molar-refractivity contribution in [2.45, 2.75) is 24.3 Å². The van der Waals surface area contributed by atoms with Crippen LogP contribution in [-0.4, -0.2) is 28.9 Å². The van der Waals surface area contributed by atoms with Gasteiger partial charge in [0.25, 0.3) is 0 Å². The molecule has 0 spiro atoms. The van der Waals surface area contributed by atoms with E-state index in [0.29, 0.717) is 6.54 Å². The number of hydrogen-bond donors (Lipinski definition) is 1. The Morgan fingerprint density at radius 2 is 2.38 bits per heavy atom. The topological polar surface area (TPSA) is 40.5 Å². The lowest BCUT2D eigenvalue weighted by Crippen LogP contribution is -2.24. The number of aryl methyl sites for hydroxylation is 1. The van der Waals surface area contributed by atoms with E-state index >= 15 is 0 Å². The van der Waals surface area contributed by atoms with E-state index in [-0.39, 0.29) is 0 Å². The molecule has 86 valence electrons. The van der Waals surface area contributed by atoms with Crippen molar-refractivity contribution < 1.29 is 9.90 Å². The SMILES string of the molecule is CN(Cc1ccc2c(c1)CCCS2)C(=O)O. The summed E-state index contributed by atoms with van der Waals surface area (Å²) in [7, 11) is 1.59. The number of carboxylic acid groups (broad SMARTS) is 1. The molecule has 0 fully saturated rings.